The van der Waals surface area contributed by atoms with Crippen molar-refractivity contribution in [2.75, 3.05) is 32.8 Å². The van der Waals surface area contributed by atoms with Crippen molar-refractivity contribution in [3.05, 3.63) is 70.3 Å². The summed E-state index contributed by atoms with van der Waals surface area (Å²) in [6.45, 7) is 13.5. The van der Waals surface area contributed by atoms with E-state index in [1.165, 1.54) is 0 Å². The smallest absolute Gasteiger partial charge is 0.295 e. The van der Waals surface area contributed by atoms with Crippen LogP contribution in [0.3, 0.4) is 0 Å². The molecule has 34 heavy (non-hydrogen) atoms. The van der Waals surface area contributed by atoms with Crippen LogP contribution in [0.4, 0.5) is 0 Å². The van der Waals surface area contributed by atoms with Crippen molar-refractivity contribution < 1.29 is 19.4 Å². The molecule has 1 amide bonds. The van der Waals surface area contributed by atoms with E-state index in [4.69, 9.17) is 4.74 Å². The lowest BCUT2D eigenvalue weighted by Gasteiger charge is -2.28. The molecule has 182 valence electrons. The van der Waals surface area contributed by atoms with Crippen molar-refractivity contribution in [3.63, 3.8) is 0 Å². The lowest BCUT2D eigenvalue weighted by Crippen LogP contribution is -2.38. The van der Waals surface area contributed by atoms with Crippen LogP contribution < -0.4 is 4.74 Å². The van der Waals surface area contributed by atoms with Gasteiger partial charge in [0.1, 0.15) is 11.5 Å². The number of aliphatic hydroxyl groups excluding tert-OH is 1. The van der Waals surface area contributed by atoms with Gasteiger partial charge in [-0.1, -0.05) is 50.6 Å². The topological polar surface area (TPSA) is 70.1 Å². The molecule has 0 spiro atoms. The lowest BCUT2D eigenvalue weighted by molar-refractivity contribution is -0.140. The number of rotatable bonds is 10. The minimum absolute atomic E-state index is 0.134. The van der Waals surface area contributed by atoms with Crippen LogP contribution in [0.5, 0.6) is 5.75 Å². The summed E-state index contributed by atoms with van der Waals surface area (Å²) in [4.78, 5) is 30.1. The highest BCUT2D eigenvalue weighted by molar-refractivity contribution is 6.46. The summed E-state index contributed by atoms with van der Waals surface area (Å²) in [5.41, 5.74) is 3.39. The predicted octanol–water partition coefficient (Wildman–Crippen LogP) is 4.86. The van der Waals surface area contributed by atoms with Gasteiger partial charge in [0.15, 0.2) is 0 Å². The van der Waals surface area contributed by atoms with Crippen molar-refractivity contribution in [1.82, 2.24) is 9.80 Å². The van der Waals surface area contributed by atoms with Crippen LogP contribution >= 0.6 is 0 Å². The van der Waals surface area contributed by atoms with Gasteiger partial charge in [-0.2, -0.15) is 0 Å². The molecule has 0 saturated carbocycles. The number of likely N-dealkylation sites (tertiary alicyclic amines) is 1. The van der Waals surface area contributed by atoms with Gasteiger partial charge in [0.05, 0.1) is 18.2 Å². The maximum atomic E-state index is 13.2. The highest BCUT2D eigenvalue weighted by atomic mass is 16.5. The van der Waals surface area contributed by atoms with E-state index >= 15 is 0 Å². The SMILES string of the molecule is CCCOc1ccc(C(O)=C2C(=O)C(=O)N(CCN(CC)CC)[C@H]2c2ccc(C)cc2)cc1C. The van der Waals surface area contributed by atoms with Crippen LogP contribution in [0.2, 0.25) is 0 Å². The molecule has 0 unspecified atom stereocenters. The van der Waals surface area contributed by atoms with Gasteiger partial charge in [0, 0.05) is 18.7 Å². The summed E-state index contributed by atoms with van der Waals surface area (Å²) in [6, 6.07) is 12.5. The van der Waals surface area contributed by atoms with E-state index in [2.05, 4.69) is 18.7 Å². The van der Waals surface area contributed by atoms with Gasteiger partial charge >= 0.3 is 0 Å². The molecule has 1 atom stereocenters. The van der Waals surface area contributed by atoms with Crippen molar-refractivity contribution >= 4 is 17.4 Å². The molecule has 6 heteroatoms. The molecule has 2 aromatic rings. The van der Waals surface area contributed by atoms with Crippen LogP contribution in [-0.2, 0) is 9.59 Å². The number of likely N-dealkylation sites (N-methyl/N-ethyl adjacent to an activating group) is 1. The van der Waals surface area contributed by atoms with E-state index < -0.39 is 17.7 Å². The fourth-order valence-corrected chi connectivity index (χ4v) is 4.32. The first kappa shape index (κ1) is 25.5. The second kappa shape index (κ2) is 11.3. The number of aliphatic hydroxyl groups is 1. The van der Waals surface area contributed by atoms with E-state index in [1.807, 2.05) is 45.0 Å². The van der Waals surface area contributed by atoms with Gasteiger partial charge in [-0.25, -0.2) is 0 Å². The molecule has 0 aromatic heterocycles. The minimum Gasteiger partial charge on any atom is -0.507 e. The molecule has 1 heterocycles. The largest absolute Gasteiger partial charge is 0.507 e. The monoisotopic (exact) mass is 464 g/mol. The Morgan fingerprint density at radius 1 is 1.03 bits per heavy atom. The van der Waals surface area contributed by atoms with Crippen molar-refractivity contribution in [1.29, 1.82) is 0 Å². The molecule has 6 nitrogen and oxygen atoms in total. The van der Waals surface area contributed by atoms with Crippen LogP contribution in [0, 0.1) is 13.8 Å². The molecular formula is C28H36N2O4. The van der Waals surface area contributed by atoms with E-state index in [0.29, 0.717) is 25.3 Å². The highest BCUT2D eigenvalue weighted by Gasteiger charge is 2.45. The Hall–Kier alpha value is -3.12. The Kier molecular flexibility index (Phi) is 8.51. The Labute approximate surface area is 202 Å². The van der Waals surface area contributed by atoms with E-state index in [9.17, 15) is 14.7 Å². The number of amides is 1. The average Bonchev–Trinajstić information content (AvgIpc) is 3.09. The maximum Gasteiger partial charge on any atom is 0.295 e. The number of aryl methyl sites for hydroxylation is 2. The van der Waals surface area contributed by atoms with Crippen LogP contribution in [-0.4, -0.2) is 59.4 Å². The molecule has 1 aliphatic rings. The third kappa shape index (κ3) is 5.33. The van der Waals surface area contributed by atoms with Gasteiger partial charge in [-0.05, 0) is 62.7 Å². The van der Waals surface area contributed by atoms with Gasteiger partial charge in [-0.15, -0.1) is 0 Å². The molecule has 1 saturated heterocycles. The number of ether oxygens (including phenoxy) is 1. The number of carbonyl (C=O) groups is 2. The average molecular weight is 465 g/mol. The van der Waals surface area contributed by atoms with E-state index in [-0.39, 0.29) is 11.3 Å². The molecular weight excluding hydrogens is 428 g/mol. The Bertz CT molecular complexity index is 1050. The number of hydrogen-bond donors (Lipinski definition) is 1. The predicted molar refractivity (Wildman–Crippen MR) is 135 cm³/mol. The fraction of sp³-hybridized carbons (Fsp3) is 0.429. The molecule has 1 N–H and O–H groups in total. The molecule has 2 aromatic carbocycles. The quantitative estimate of drug-likeness (QED) is 0.309. The number of carbonyl (C=O) groups excluding carboxylic acids is 2. The number of benzene rings is 2. The number of ketones is 1. The van der Waals surface area contributed by atoms with Gasteiger partial charge in [0.2, 0.25) is 0 Å². The lowest BCUT2D eigenvalue weighted by atomic mass is 9.94. The zero-order valence-electron chi connectivity index (χ0n) is 20.9. The van der Waals surface area contributed by atoms with Gasteiger partial charge in [-0.3, -0.25) is 9.59 Å². The molecule has 0 bridgehead atoms. The number of nitrogens with zero attached hydrogens (tertiary/aromatic N) is 2. The number of hydrogen-bond acceptors (Lipinski definition) is 5. The van der Waals surface area contributed by atoms with E-state index in [0.717, 1.165) is 42.0 Å². The number of Topliss-reactive ketones (excluding diaryl/α,β-unsaturated/α-hetero) is 1. The Morgan fingerprint density at radius 2 is 1.71 bits per heavy atom. The summed E-state index contributed by atoms with van der Waals surface area (Å²) in [5, 5.41) is 11.3. The zero-order chi connectivity index (χ0) is 24.8. The summed E-state index contributed by atoms with van der Waals surface area (Å²) >= 11 is 0. The van der Waals surface area contributed by atoms with Crippen molar-refractivity contribution in [2.24, 2.45) is 0 Å². The second-order valence-electron chi connectivity index (χ2n) is 8.76. The normalized spacial score (nSPS) is 17.6. The minimum atomic E-state index is -0.647. The Morgan fingerprint density at radius 3 is 2.29 bits per heavy atom. The van der Waals surface area contributed by atoms with Crippen molar-refractivity contribution in [3.8, 4) is 5.75 Å². The third-order valence-electron chi connectivity index (χ3n) is 6.39. The van der Waals surface area contributed by atoms with Gasteiger partial charge in [0.25, 0.3) is 11.7 Å². The fourth-order valence-electron chi connectivity index (χ4n) is 4.32. The van der Waals surface area contributed by atoms with Crippen LogP contribution in [0.25, 0.3) is 5.76 Å². The molecule has 0 radical (unpaired) electrons. The summed E-state index contributed by atoms with van der Waals surface area (Å²) < 4.78 is 5.75. The highest BCUT2D eigenvalue weighted by Crippen LogP contribution is 2.39. The summed E-state index contributed by atoms with van der Waals surface area (Å²) in [5.74, 6) is -0.627. The van der Waals surface area contributed by atoms with E-state index in [1.54, 1.807) is 23.1 Å². The van der Waals surface area contributed by atoms with Crippen LogP contribution in [0.1, 0.15) is 55.5 Å². The molecule has 1 aliphatic heterocycles. The summed E-state index contributed by atoms with van der Waals surface area (Å²) in [7, 11) is 0. The van der Waals surface area contributed by atoms with Crippen molar-refractivity contribution in [2.45, 2.75) is 47.1 Å². The van der Waals surface area contributed by atoms with Crippen LogP contribution in [0.15, 0.2) is 48.0 Å². The van der Waals surface area contributed by atoms with Gasteiger partial charge < -0.3 is 19.6 Å². The zero-order valence-corrected chi connectivity index (χ0v) is 20.9. The molecule has 3 rings (SSSR count). The first-order valence-corrected chi connectivity index (χ1v) is 12.1. The maximum absolute atomic E-state index is 13.2. The standard InChI is InChI=1S/C28H36N2O4/c1-6-17-34-23-14-13-22(18-20(23)5)26(31)24-25(21-11-9-19(4)10-12-21)30(28(33)27(24)32)16-15-29(7-2)8-3/h9-14,18,25,31H,6-8,15-17H2,1-5H3/t25-/m0/s1. The summed E-state index contributed by atoms with van der Waals surface area (Å²) in [6.07, 6.45) is 0.897. The third-order valence-corrected chi connectivity index (χ3v) is 6.39. The molecule has 1 fully saturated rings. The first-order chi connectivity index (χ1) is 16.3. The first-order valence-electron chi connectivity index (χ1n) is 12.1. The second-order valence-corrected chi connectivity index (χ2v) is 8.76. The Balaban J connectivity index is 2.06. The molecule has 0 aliphatic carbocycles.